The van der Waals surface area contributed by atoms with Crippen LogP contribution in [-0.4, -0.2) is 11.2 Å². The molecule has 0 aromatic heterocycles. The standard InChI is InChI=1S/C17H23BrF2O/c1-11(2)10-17(7-3-4-8-17)15(21)9-12-14(19)6-5-13(18)16(12)20/h5-6,11,15,21H,3-4,7-10H2,1-2H3. The molecule has 0 heterocycles. The van der Waals surface area contributed by atoms with E-state index in [1.807, 2.05) is 0 Å². The van der Waals surface area contributed by atoms with Crippen LogP contribution in [0.2, 0.25) is 0 Å². The number of hydrogen-bond acceptors (Lipinski definition) is 1. The molecule has 0 spiro atoms. The van der Waals surface area contributed by atoms with Gasteiger partial charge in [-0.2, -0.15) is 0 Å². The summed E-state index contributed by atoms with van der Waals surface area (Å²) in [5.74, 6) is -0.700. The van der Waals surface area contributed by atoms with Crippen molar-refractivity contribution in [2.45, 2.75) is 58.5 Å². The number of aliphatic hydroxyl groups is 1. The average Bonchev–Trinajstić information content (AvgIpc) is 2.88. The van der Waals surface area contributed by atoms with Crippen molar-refractivity contribution in [3.05, 3.63) is 33.8 Å². The highest BCUT2D eigenvalue weighted by Crippen LogP contribution is 2.47. The maximum Gasteiger partial charge on any atom is 0.143 e. The molecule has 1 aliphatic carbocycles. The van der Waals surface area contributed by atoms with Gasteiger partial charge in [-0.25, -0.2) is 8.78 Å². The van der Waals surface area contributed by atoms with Gasteiger partial charge in [0.25, 0.3) is 0 Å². The molecule has 1 aromatic carbocycles. The van der Waals surface area contributed by atoms with Crippen molar-refractivity contribution in [1.82, 2.24) is 0 Å². The van der Waals surface area contributed by atoms with Crippen LogP contribution in [-0.2, 0) is 6.42 Å². The smallest absolute Gasteiger partial charge is 0.143 e. The molecule has 1 aromatic rings. The molecule has 0 aliphatic heterocycles. The van der Waals surface area contributed by atoms with Crippen molar-refractivity contribution in [3.8, 4) is 0 Å². The molecular formula is C17H23BrF2O. The Morgan fingerprint density at radius 1 is 1.24 bits per heavy atom. The lowest BCUT2D eigenvalue weighted by molar-refractivity contribution is 0.0123. The maximum atomic E-state index is 14.1. The van der Waals surface area contributed by atoms with E-state index >= 15 is 0 Å². The summed E-state index contributed by atoms with van der Waals surface area (Å²) < 4.78 is 28.2. The molecule has 1 atom stereocenters. The Kier molecular flexibility index (Phi) is 5.42. The van der Waals surface area contributed by atoms with Crippen molar-refractivity contribution in [1.29, 1.82) is 0 Å². The predicted octanol–water partition coefficient (Wildman–Crippen LogP) is 5.24. The van der Waals surface area contributed by atoms with E-state index in [4.69, 9.17) is 0 Å². The lowest BCUT2D eigenvalue weighted by atomic mass is 9.72. The van der Waals surface area contributed by atoms with Crippen LogP contribution in [0.5, 0.6) is 0 Å². The fourth-order valence-corrected chi connectivity index (χ4v) is 4.10. The highest BCUT2D eigenvalue weighted by Gasteiger charge is 2.41. The van der Waals surface area contributed by atoms with E-state index in [2.05, 4.69) is 29.8 Å². The lowest BCUT2D eigenvalue weighted by Crippen LogP contribution is -2.36. The second-order valence-corrected chi connectivity index (χ2v) is 7.56. The highest BCUT2D eigenvalue weighted by atomic mass is 79.9. The molecule has 1 unspecified atom stereocenters. The van der Waals surface area contributed by atoms with E-state index < -0.39 is 17.7 Å². The van der Waals surface area contributed by atoms with Crippen molar-refractivity contribution in [3.63, 3.8) is 0 Å². The van der Waals surface area contributed by atoms with Crippen molar-refractivity contribution >= 4 is 15.9 Å². The lowest BCUT2D eigenvalue weighted by Gasteiger charge is -2.36. The van der Waals surface area contributed by atoms with E-state index in [0.29, 0.717) is 5.92 Å². The third-order valence-corrected chi connectivity index (χ3v) is 5.27. The van der Waals surface area contributed by atoms with Gasteiger partial charge in [0.2, 0.25) is 0 Å². The van der Waals surface area contributed by atoms with E-state index in [0.717, 1.165) is 32.1 Å². The van der Waals surface area contributed by atoms with E-state index in [1.54, 1.807) is 0 Å². The number of aliphatic hydroxyl groups excluding tert-OH is 1. The van der Waals surface area contributed by atoms with Gasteiger partial charge >= 0.3 is 0 Å². The fraction of sp³-hybridized carbons (Fsp3) is 0.647. The largest absolute Gasteiger partial charge is 0.392 e. The molecule has 1 nitrogen and oxygen atoms in total. The SMILES string of the molecule is CC(C)CC1(C(O)Cc2c(F)ccc(Br)c2F)CCCC1. The zero-order valence-corrected chi connectivity index (χ0v) is 14.2. The summed E-state index contributed by atoms with van der Waals surface area (Å²) in [4.78, 5) is 0. The molecule has 0 radical (unpaired) electrons. The number of rotatable bonds is 5. The summed E-state index contributed by atoms with van der Waals surface area (Å²) >= 11 is 3.08. The second-order valence-electron chi connectivity index (χ2n) is 6.71. The van der Waals surface area contributed by atoms with Crippen LogP contribution in [0.15, 0.2) is 16.6 Å². The molecular weight excluding hydrogens is 338 g/mol. The van der Waals surface area contributed by atoms with Crippen LogP contribution in [0.4, 0.5) is 8.78 Å². The first-order chi connectivity index (χ1) is 9.85. The van der Waals surface area contributed by atoms with Crippen molar-refractivity contribution in [2.24, 2.45) is 11.3 Å². The fourth-order valence-electron chi connectivity index (χ4n) is 3.73. The van der Waals surface area contributed by atoms with Gasteiger partial charge < -0.3 is 5.11 Å². The summed E-state index contributed by atoms with van der Waals surface area (Å²) in [5, 5.41) is 10.7. The van der Waals surface area contributed by atoms with Crippen molar-refractivity contribution < 1.29 is 13.9 Å². The summed E-state index contributed by atoms with van der Waals surface area (Å²) in [5.41, 5.74) is -0.193. The normalized spacial score (nSPS) is 19.2. The molecule has 4 heteroatoms. The van der Waals surface area contributed by atoms with Gasteiger partial charge in [0.15, 0.2) is 0 Å². The first kappa shape index (κ1) is 16.9. The Morgan fingerprint density at radius 2 is 1.86 bits per heavy atom. The molecule has 21 heavy (non-hydrogen) atoms. The Hall–Kier alpha value is -0.480. The summed E-state index contributed by atoms with van der Waals surface area (Å²) in [6, 6.07) is 2.61. The van der Waals surface area contributed by atoms with E-state index in [9.17, 15) is 13.9 Å². The highest BCUT2D eigenvalue weighted by molar-refractivity contribution is 9.10. The van der Waals surface area contributed by atoms with Gasteiger partial charge in [0.05, 0.1) is 10.6 Å². The van der Waals surface area contributed by atoms with Gasteiger partial charge in [0.1, 0.15) is 11.6 Å². The van der Waals surface area contributed by atoms with Gasteiger partial charge in [-0.05, 0) is 58.7 Å². The molecule has 0 saturated heterocycles. The van der Waals surface area contributed by atoms with Gasteiger partial charge in [0, 0.05) is 12.0 Å². The minimum absolute atomic E-state index is 0.00749. The zero-order valence-electron chi connectivity index (χ0n) is 12.6. The third kappa shape index (κ3) is 3.65. The zero-order chi connectivity index (χ0) is 15.6. The third-order valence-electron chi connectivity index (χ3n) is 4.66. The Labute approximate surface area is 133 Å². The Bertz CT molecular complexity index is 496. The van der Waals surface area contributed by atoms with Crippen LogP contribution in [0, 0.1) is 23.0 Å². The second kappa shape index (κ2) is 6.74. The summed E-state index contributed by atoms with van der Waals surface area (Å²) in [7, 11) is 0. The molecule has 1 saturated carbocycles. The predicted molar refractivity (Wildman–Crippen MR) is 84.1 cm³/mol. The minimum Gasteiger partial charge on any atom is -0.392 e. The molecule has 0 amide bonds. The maximum absolute atomic E-state index is 14.1. The van der Waals surface area contributed by atoms with Crippen LogP contribution >= 0.6 is 15.9 Å². The Morgan fingerprint density at radius 3 is 2.43 bits per heavy atom. The van der Waals surface area contributed by atoms with Crippen molar-refractivity contribution in [2.75, 3.05) is 0 Å². The van der Waals surface area contributed by atoms with Crippen LogP contribution in [0.3, 0.4) is 0 Å². The molecule has 1 N–H and O–H groups in total. The molecule has 2 rings (SSSR count). The topological polar surface area (TPSA) is 20.2 Å². The first-order valence-electron chi connectivity index (χ1n) is 7.66. The molecule has 118 valence electrons. The Balaban J connectivity index is 2.23. The number of hydrogen-bond donors (Lipinski definition) is 1. The molecule has 1 aliphatic rings. The van der Waals surface area contributed by atoms with E-state index in [1.165, 1.54) is 12.1 Å². The van der Waals surface area contributed by atoms with Crippen LogP contribution < -0.4 is 0 Å². The van der Waals surface area contributed by atoms with Crippen LogP contribution in [0.25, 0.3) is 0 Å². The van der Waals surface area contributed by atoms with Gasteiger partial charge in [-0.1, -0.05) is 26.7 Å². The van der Waals surface area contributed by atoms with E-state index in [-0.39, 0.29) is 21.9 Å². The summed E-state index contributed by atoms with van der Waals surface area (Å²) in [6.07, 6.45) is 4.34. The molecule has 0 bridgehead atoms. The number of halogens is 3. The average molecular weight is 361 g/mol. The quantitative estimate of drug-likeness (QED) is 0.712. The minimum atomic E-state index is -0.694. The summed E-state index contributed by atoms with van der Waals surface area (Å²) in [6.45, 7) is 4.26. The monoisotopic (exact) mass is 360 g/mol. The van der Waals surface area contributed by atoms with Crippen LogP contribution in [0.1, 0.15) is 51.5 Å². The van der Waals surface area contributed by atoms with Gasteiger partial charge in [-0.3, -0.25) is 0 Å². The first-order valence-corrected chi connectivity index (χ1v) is 8.45. The van der Waals surface area contributed by atoms with Gasteiger partial charge in [-0.15, -0.1) is 0 Å². The molecule has 1 fully saturated rings. The number of benzene rings is 1.